The molecular weight excluding hydrogens is 253 g/mol. The molecule has 3 nitrogen and oxygen atoms in total. The van der Waals surface area contributed by atoms with Gasteiger partial charge in [0.2, 0.25) is 0 Å². The Morgan fingerprint density at radius 2 is 2.28 bits per heavy atom. The highest BCUT2D eigenvalue weighted by Crippen LogP contribution is 2.16. The second-order valence-corrected chi connectivity index (χ2v) is 4.42. The van der Waals surface area contributed by atoms with Gasteiger partial charge in [0.1, 0.15) is 11.6 Å². The Labute approximate surface area is 111 Å². The van der Waals surface area contributed by atoms with Crippen LogP contribution in [0.25, 0.3) is 0 Å². The normalized spacial score (nSPS) is 10.8. The first kappa shape index (κ1) is 13.1. The van der Waals surface area contributed by atoms with Crippen molar-refractivity contribution in [2.75, 3.05) is 6.54 Å². The van der Waals surface area contributed by atoms with E-state index in [1.807, 2.05) is 17.7 Å². The summed E-state index contributed by atoms with van der Waals surface area (Å²) >= 11 is 5.73. The summed E-state index contributed by atoms with van der Waals surface area (Å²) in [6.07, 6.45) is 3.57. The first-order valence-corrected chi connectivity index (χ1v) is 6.23. The van der Waals surface area contributed by atoms with Crippen molar-refractivity contribution >= 4 is 11.6 Å². The van der Waals surface area contributed by atoms with Crippen LogP contribution in [0.15, 0.2) is 30.6 Å². The molecule has 0 saturated carbocycles. The first-order chi connectivity index (χ1) is 8.70. The molecule has 2 aromatic rings. The fourth-order valence-electron chi connectivity index (χ4n) is 1.72. The minimum absolute atomic E-state index is 0.286. The van der Waals surface area contributed by atoms with Crippen LogP contribution in [0, 0.1) is 5.82 Å². The van der Waals surface area contributed by atoms with Gasteiger partial charge < -0.3 is 9.88 Å². The van der Waals surface area contributed by atoms with Gasteiger partial charge in [0.15, 0.2) is 0 Å². The van der Waals surface area contributed by atoms with E-state index >= 15 is 0 Å². The van der Waals surface area contributed by atoms with Crippen molar-refractivity contribution in [2.24, 2.45) is 0 Å². The Kier molecular flexibility index (Phi) is 4.33. The van der Waals surface area contributed by atoms with Crippen LogP contribution in [0.3, 0.4) is 0 Å². The molecule has 0 spiro atoms. The van der Waals surface area contributed by atoms with E-state index in [1.165, 1.54) is 6.07 Å². The molecule has 1 aromatic carbocycles. The third kappa shape index (κ3) is 3.09. The number of aromatic nitrogens is 2. The molecule has 18 heavy (non-hydrogen) atoms. The monoisotopic (exact) mass is 267 g/mol. The number of nitrogens with zero attached hydrogens (tertiary/aromatic N) is 2. The van der Waals surface area contributed by atoms with E-state index < -0.39 is 0 Å². The maximum Gasteiger partial charge on any atom is 0.129 e. The third-order valence-electron chi connectivity index (χ3n) is 2.69. The lowest BCUT2D eigenvalue weighted by molar-refractivity contribution is 0.586. The van der Waals surface area contributed by atoms with Gasteiger partial charge in [-0.05, 0) is 18.7 Å². The molecule has 1 N–H and O–H groups in total. The summed E-state index contributed by atoms with van der Waals surface area (Å²) in [5, 5.41) is 3.61. The van der Waals surface area contributed by atoms with Crippen molar-refractivity contribution in [1.82, 2.24) is 14.9 Å². The van der Waals surface area contributed by atoms with E-state index in [-0.39, 0.29) is 5.82 Å². The number of nitrogens with one attached hydrogen (secondary N) is 1. The summed E-state index contributed by atoms with van der Waals surface area (Å²) in [6.45, 7) is 4.05. The second-order valence-electron chi connectivity index (χ2n) is 3.99. The summed E-state index contributed by atoms with van der Waals surface area (Å²) in [5.41, 5.74) is 0.607. The molecule has 0 aliphatic carbocycles. The van der Waals surface area contributed by atoms with E-state index in [2.05, 4.69) is 10.3 Å². The molecule has 0 aliphatic heterocycles. The minimum Gasteiger partial charge on any atom is -0.329 e. The van der Waals surface area contributed by atoms with E-state index in [0.717, 1.165) is 12.4 Å². The van der Waals surface area contributed by atoms with E-state index in [0.29, 0.717) is 23.7 Å². The summed E-state index contributed by atoms with van der Waals surface area (Å²) in [6, 6.07) is 4.73. The molecule has 0 amide bonds. The molecule has 0 unspecified atom stereocenters. The SMILES string of the molecule is CCNCc1nccn1Cc1ccc(Cl)cc1F. The molecule has 0 atom stereocenters. The van der Waals surface area contributed by atoms with Crippen LogP contribution in [0.4, 0.5) is 4.39 Å². The van der Waals surface area contributed by atoms with Crippen LogP contribution in [-0.2, 0) is 13.1 Å². The van der Waals surface area contributed by atoms with E-state index in [1.54, 1.807) is 18.3 Å². The zero-order valence-electron chi connectivity index (χ0n) is 10.2. The van der Waals surface area contributed by atoms with Gasteiger partial charge in [-0.3, -0.25) is 0 Å². The number of rotatable bonds is 5. The molecule has 5 heteroatoms. The maximum atomic E-state index is 13.7. The maximum absolute atomic E-state index is 13.7. The lowest BCUT2D eigenvalue weighted by Gasteiger charge is -2.09. The molecule has 1 aromatic heterocycles. The van der Waals surface area contributed by atoms with Gasteiger partial charge in [-0.25, -0.2) is 9.37 Å². The fourth-order valence-corrected chi connectivity index (χ4v) is 1.88. The average molecular weight is 268 g/mol. The van der Waals surface area contributed by atoms with Gasteiger partial charge in [-0.1, -0.05) is 24.6 Å². The summed E-state index contributed by atoms with van der Waals surface area (Å²) in [4.78, 5) is 4.25. The number of halogens is 2. The van der Waals surface area contributed by atoms with Crippen LogP contribution in [0.1, 0.15) is 18.3 Å². The number of hydrogen-bond donors (Lipinski definition) is 1. The molecule has 0 saturated heterocycles. The zero-order chi connectivity index (χ0) is 13.0. The quantitative estimate of drug-likeness (QED) is 0.903. The summed E-state index contributed by atoms with van der Waals surface area (Å²) < 4.78 is 15.6. The van der Waals surface area contributed by atoms with Crippen LogP contribution >= 0.6 is 11.6 Å². The Morgan fingerprint density at radius 1 is 1.44 bits per heavy atom. The third-order valence-corrected chi connectivity index (χ3v) is 2.93. The van der Waals surface area contributed by atoms with Crippen molar-refractivity contribution in [1.29, 1.82) is 0 Å². The van der Waals surface area contributed by atoms with Crippen LogP contribution in [0.5, 0.6) is 0 Å². The highest BCUT2D eigenvalue weighted by atomic mass is 35.5. The predicted octanol–water partition coefficient (Wildman–Crippen LogP) is 2.83. The molecule has 1 heterocycles. The van der Waals surface area contributed by atoms with Crippen molar-refractivity contribution in [3.63, 3.8) is 0 Å². The summed E-state index contributed by atoms with van der Waals surface area (Å²) in [7, 11) is 0. The smallest absolute Gasteiger partial charge is 0.129 e. The Morgan fingerprint density at radius 3 is 3.00 bits per heavy atom. The first-order valence-electron chi connectivity index (χ1n) is 5.85. The molecule has 0 radical (unpaired) electrons. The highest BCUT2D eigenvalue weighted by molar-refractivity contribution is 6.30. The van der Waals surface area contributed by atoms with E-state index in [9.17, 15) is 4.39 Å². The lowest BCUT2D eigenvalue weighted by atomic mass is 10.2. The average Bonchev–Trinajstić information content (AvgIpc) is 2.77. The molecule has 0 fully saturated rings. The van der Waals surface area contributed by atoms with Crippen molar-refractivity contribution in [3.05, 3.63) is 52.8 Å². The van der Waals surface area contributed by atoms with Gasteiger partial charge in [0.25, 0.3) is 0 Å². The number of imidazole rings is 1. The Bertz CT molecular complexity index is 525. The predicted molar refractivity (Wildman–Crippen MR) is 70.1 cm³/mol. The standard InChI is InChI=1S/C13H15ClFN3/c1-2-16-8-13-17-5-6-18(13)9-10-3-4-11(14)7-12(10)15/h3-7,16H,2,8-9H2,1H3. The van der Waals surface area contributed by atoms with Crippen LogP contribution in [0.2, 0.25) is 5.02 Å². The second kappa shape index (κ2) is 5.98. The highest BCUT2D eigenvalue weighted by Gasteiger charge is 2.07. The van der Waals surface area contributed by atoms with Crippen LogP contribution in [-0.4, -0.2) is 16.1 Å². The van der Waals surface area contributed by atoms with Crippen molar-refractivity contribution in [2.45, 2.75) is 20.0 Å². The number of benzene rings is 1. The van der Waals surface area contributed by atoms with Crippen LogP contribution < -0.4 is 5.32 Å². The molecular formula is C13H15ClFN3. The van der Waals surface area contributed by atoms with Gasteiger partial charge in [-0.2, -0.15) is 0 Å². The van der Waals surface area contributed by atoms with Gasteiger partial charge in [0.05, 0.1) is 13.1 Å². The lowest BCUT2D eigenvalue weighted by Crippen LogP contribution is -2.16. The van der Waals surface area contributed by atoms with Gasteiger partial charge in [-0.15, -0.1) is 0 Å². The fraction of sp³-hybridized carbons (Fsp3) is 0.308. The van der Waals surface area contributed by atoms with Crippen molar-refractivity contribution in [3.8, 4) is 0 Å². The topological polar surface area (TPSA) is 29.9 Å². The summed E-state index contributed by atoms with van der Waals surface area (Å²) in [5.74, 6) is 0.608. The van der Waals surface area contributed by atoms with Gasteiger partial charge >= 0.3 is 0 Å². The largest absolute Gasteiger partial charge is 0.329 e. The Balaban J connectivity index is 2.15. The molecule has 96 valence electrons. The molecule has 0 aliphatic rings. The minimum atomic E-state index is -0.286. The molecule has 2 rings (SSSR count). The Hall–Kier alpha value is -1.39. The number of hydrogen-bond acceptors (Lipinski definition) is 2. The van der Waals surface area contributed by atoms with Crippen molar-refractivity contribution < 1.29 is 4.39 Å². The zero-order valence-corrected chi connectivity index (χ0v) is 10.9. The van der Waals surface area contributed by atoms with E-state index in [4.69, 9.17) is 11.6 Å². The molecule has 0 bridgehead atoms. The van der Waals surface area contributed by atoms with Gasteiger partial charge in [0, 0.05) is 23.0 Å².